The Balaban J connectivity index is 1.77. The average Bonchev–Trinajstić information content (AvgIpc) is 3.10. The molecule has 0 spiro atoms. The molecule has 0 unspecified atom stereocenters. The SMILES string of the molecule is COc1cc(C(=O)Nc2nc(-c3ccccc3Cl)cs2)ccc1OC(F)F. The molecule has 1 N–H and O–H groups in total. The highest BCUT2D eigenvalue weighted by Gasteiger charge is 2.16. The van der Waals surface area contributed by atoms with Crippen LogP contribution in [0.3, 0.4) is 0 Å². The highest BCUT2D eigenvalue weighted by atomic mass is 35.5. The number of hydrogen-bond acceptors (Lipinski definition) is 5. The van der Waals surface area contributed by atoms with Crippen molar-refractivity contribution in [3.63, 3.8) is 0 Å². The first-order valence-corrected chi connectivity index (χ1v) is 8.88. The quantitative estimate of drug-likeness (QED) is 0.597. The van der Waals surface area contributed by atoms with Crippen LogP contribution in [0.4, 0.5) is 13.9 Å². The number of amides is 1. The van der Waals surface area contributed by atoms with E-state index in [2.05, 4.69) is 15.0 Å². The zero-order valence-electron chi connectivity index (χ0n) is 13.9. The molecular weight excluding hydrogens is 398 g/mol. The summed E-state index contributed by atoms with van der Waals surface area (Å²) in [6.07, 6.45) is 0. The fourth-order valence-electron chi connectivity index (χ4n) is 2.30. The monoisotopic (exact) mass is 410 g/mol. The maximum absolute atomic E-state index is 12.4. The van der Waals surface area contributed by atoms with Crippen molar-refractivity contribution in [1.82, 2.24) is 4.98 Å². The largest absolute Gasteiger partial charge is 0.493 e. The molecule has 1 aromatic heterocycles. The second-order valence-corrected chi connectivity index (χ2v) is 6.48. The van der Waals surface area contributed by atoms with E-state index < -0.39 is 12.5 Å². The van der Waals surface area contributed by atoms with Gasteiger partial charge in [0.25, 0.3) is 5.91 Å². The summed E-state index contributed by atoms with van der Waals surface area (Å²) >= 11 is 7.39. The average molecular weight is 411 g/mol. The van der Waals surface area contributed by atoms with Crippen LogP contribution in [0.5, 0.6) is 11.5 Å². The number of ether oxygens (including phenoxy) is 2. The lowest BCUT2D eigenvalue weighted by Crippen LogP contribution is -2.12. The number of nitrogens with one attached hydrogen (secondary N) is 1. The van der Waals surface area contributed by atoms with Crippen molar-refractivity contribution < 1.29 is 23.0 Å². The van der Waals surface area contributed by atoms with Gasteiger partial charge in [0.05, 0.1) is 12.8 Å². The van der Waals surface area contributed by atoms with Gasteiger partial charge in [0, 0.05) is 21.5 Å². The number of rotatable bonds is 6. The molecule has 140 valence electrons. The number of hydrogen-bond donors (Lipinski definition) is 1. The van der Waals surface area contributed by atoms with Gasteiger partial charge in [-0.2, -0.15) is 8.78 Å². The van der Waals surface area contributed by atoms with Gasteiger partial charge in [0.2, 0.25) is 0 Å². The Labute approximate surface area is 162 Å². The maximum Gasteiger partial charge on any atom is 0.387 e. The smallest absolute Gasteiger partial charge is 0.387 e. The second kappa shape index (κ2) is 8.32. The Kier molecular flexibility index (Phi) is 5.88. The molecular formula is C18H13ClF2N2O3S. The normalized spacial score (nSPS) is 10.7. The number of anilines is 1. The number of carbonyl (C=O) groups excluding carboxylic acids is 1. The van der Waals surface area contributed by atoms with E-state index in [9.17, 15) is 13.6 Å². The van der Waals surface area contributed by atoms with Gasteiger partial charge in [-0.25, -0.2) is 4.98 Å². The zero-order valence-corrected chi connectivity index (χ0v) is 15.5. The van der Waals surface area contributed by atoms with Crippen LogP contribution in [-0.4, -0.2) is 24.6 Å². The van der Waals surface area contributed by atoms with E-state index in [0.717, 1.165) is 5.56 Å². The number of carbonyl (C=O) groups is 1. The number of alkyl halides is 2. The van der Waals surface area contributed by atoms with Crippen LogP contribution in [0.2, 0.25) is 5.02 Å². The van der Waals surface area contributed by atoms with Crippen molar-refractivity contribution in [2.75, 3.05) is 12.4 Å². The molecule has 1 heterocycles. The van der Waals surface area contributed by atoms with Crippen LogP contribution in [0.25, 0.3) is 11.3 Å². The molecule has 0 bridgehead atoms. The standard InChI is InChI=1S/C18H13ClF2N2O3S/c1-25-15-8-10(6-7-14(15)26-17(20)21)16(24)23-18-22-13(9-27-18)11-4-2-3-5-12(11)19/h2-9,17H,1H3,(H,22,23,24). The first-order valence-electron chi connectivity index (χ1n) is 7.62. The van der Waals surface area contributed by atoms with Crippen LogP contribution in [0.1, 0.15) is 10.4 Å². The van der Waals surface area contributed by atoms with E-state index >= 15 is 0 Å². The Morgan fingerprint density at radius 2 is 2.00 bits per heavy atom. The van der Waals surface area contributed by atoms with E-state index in [1.54, 1.807) is 11.4 Å². The number of thiazole rings is 1. The molecule has 5 nitrogen and oxygen atoms in total. The highest BCUT2D eigenvalue weighted by molar-refractivity contribution is 7.14. The number of methoxy groups -OCH3 is 1. The lowest BCUT2D eigenvalue weighted by Gasteiger charge is -2.11. The molecule has 0 aliphatic carbocycles. The molecule has 27 heavy (non-hydrogen) atoms. The predicted molar refractivity (Wildman–Crippen MR) is 100 cm³/mol. The molecule has 3 aromatic rings. The molecule has 0 saturated carbocycles. The van der Waals surface area contributed by atoms with Crippen molar-refractivity contribution in [2.24, 2.45) is 0 Å². The summed E-state index contributed by atoms with van der Waals surface area (Å²) in [5.41, 5.74) is 1.60. The van der Waals surface area contributed by atoms with Gasteiger partial charge in [-0.15, -0.1) is 11.3 Å². The lowest BCUT2D eigenvalue weighted by molar-refractivity contribution is -0.0512. The van der Waals surface area contributed by atoms with E-state index in [1.165, 1.54) is 36.6 Å². The fourth-order valence-corrected chi connectivity index (χ4v) is 3.23. The minimum absolute atomic E-state index is 0.0267. The number of benzene rings is 2. The van der Waals surface area contributed by atoms with Crippen LogP contribution in [0.15, 0.2) is 47.8 Å². The molecule has 0 atom stereocenters. The molecule has 0 aliphatic rings. The van der Waals surface area contributed by atoms with Crippen LogP contribution < -0.4 is 14.8 Å². The number of aromatic nitrogens is 1. The summed E-state index contributed by atoms with van der Waals surface area (Å²) in [5.74, 6) is -0.588. The van der Waals surface area contributed by atoms with E-state index in [-0.39, 0.29) is 17.1 Å². The Bertz CT molecular complexity index is 965. The van der Waals surface area contributed by atoms with Crippen LogP contribution in [-0.2, 0) is 0 Å². The maximum atomic E-state index is 12.4. The Morgan fingerprint density at radius 3 is 2.70 bits per heavy atom. The fraction of sp³-hybridized carbons (Fsp3) is 0.111. The van der Waals surface area contributed by atoms with Gasteiger partial charge in [-0.3, -0.25) is 10.1 Å². The zero-order chi connectivity index (χ0) is 19.4. The van der Waals surface area contributed by atoms with Crippen molar-refractivity contribution in [3.8, 4) is 22.8 Å². The molecule has 0 aliphatic heterocycles. The predicted octanol–water partition coefficient (Wildman–Crippen LogP) is 5.33. The van der Waals surface area contributed by atoms with Gasteiger partial charge < -0.3 is 9.47 Å². The number of nitrogens with zero attached hydrogens (tertiary/aromatic N) is 1. The number of halogens is 3. The minimum Gasteiger partial charge on any atom is -0.493 e. The Morgan fingerprint density at radius 1 is 1.22 bits per heavy atom. The summed E-state index contributed by atoms with van der Waals surface area (Å²) in [4.78, 5) is 16.8. The summed E-state index contributed by atoms with van der Waals surface area (Å²) in [7, 11) is 1.30. The first-order chi connectivity index (χ1) is 13.0. The van der Waals surface area contributed by atoms with Crippen molar-refractivity contribution in [1.29, 1.82) is 0 Å². The van der Waals surface area contributed by atoms with Gasteiger partial charge in [-0.05, 0) is 24.3 Å². The third kappa shape index (κ3) is 4.53. The van der Waals surface area contributed by atoms with Crippen molar-refractivity contribution in [2.45, 2.75) is 6.61 Å². The molecule has 9 heteroatoms. The highest BCUT2D eigenvalue weighted by Crippen LogP contribution is 2.32. The third-order valence-corrected chi connectivity index (χ3v) is 4.60. The van der Waals surface area contributed by atoms with Gasteiger partial charge in [0.15, 0.2) is 16.6 Å². The molecule has 0 saturated heterocycles. The topological polar surface area (TPSA) is 60.5 Å². The molecule has 2 aromatic carbocycles. The molecule has 1 amide bonds. The summed E-state index contributed by atoms with van der Waals surface area (Å²) < 4.78 is 34.1. The summed E-state index contributed by atoms with van der Waals surface area (Å²) in [6.45, 7) is -2.99. The van der Waals surface area contributed by atoms with Crippen molar-refractivity contribution in [3.05, 3.63) is 58.4 Å². The van der Waals surface area contributed by atoms with Crippen LogP contribution >= 0.6 is 22.9 Å². The van der Waals surface area contributed by atoms with E-state index in [4.69, 9.17) is 16.3 Å². The third-order valence-electron chi connectivity index (χ3n) is 3.52. The minimum atomic E-state index is -2.99. The summed E-state index contributed by atoms with van der Waals surface area (Å²) in [6, 6.07) is 11.2. The van der Waals surface area contributed by atoms with Crippen molar-refractivity contribution >= 4 is 34.0 Å². The van der Waals surface area contributed by atoms with Gasteiger partial charge in [0.1, 0.15) is 0 Å². The Hall–Kier alpha value is -2.71. The van der Waals surface area contributed by atoms with E-state index in [1.807, 2.05) is 18.2 Å². The lowest BCUT2D eigenvalue weighted by atomic mass is 10.2. The van der Waals surface area contributed by atoms with Gasteiger partial charge >= 0.3 is 6.61 Å². The van der Waals surface area contributed by atoms with Crippen LogP contribution in [0, 0.1) is 0 Å². The molecule has 0 radical (unpaired) electrons. The van der Waals surface area contributed by atoms with E-state index in [0.29, 0.717) is 15.8 Å². The molecule has 3 rings (SSSR count). The summed E-state index contributed by atoms with van der Waals surface area (Å²) in [5, 5.41) is 5.37. The van der Waals surface area contributed by atoms with Gasteiger partial charge in [-0.1, -0.05) is 29.8 Å². The first kappa shape index (κ1) is 19.1. The molecule has 0 fully saturated rings. The second-order valence-electron chi connectivity index (χ2n) is 5.22.